The first-order valence-electron chi connectivity index (χ1n) is 10.6. The number of rotatable bonds is 9. The lowest BCUT2D eigenvalue weighted by Gasteiger charge is -2.25. The quantitative estimate of drug-likeness (QED) is 0.120. The Balaban J connectivity index is 1.60. The van der Waals surface area contributed by atoms with Crippen LogP contribution in [-0.4, -0.2) is 74.7 Å². The normalized spacial score (nSPS) is 25.6. The van der Waals surface area contributed by atoms with Gasteiger partial charge in [-0.1, -0.05) is 36.3 Å². The van der Waals surface area contributed by atoms with Gasteiger partial charge in [-0.05, 0) is 17.2 Å². The number of terminal acetylenes is 1. The molecule has 5 atom stereocenters. The largest absolute Gasteiger partial charge is 0.384 e. The van der Waals surface area contributed by atoms with Crippen LogP contribution in [0.25, 0.3) is 11.2 Å². The van der Waals surface area contributed by atoms with E-state index in [2.05, 4.69) is 20.3 Å². The third-order valence-corrected chi connectivity index (χ3v) is 9.13. The van der Waals surface area contributed by atoms with Gasteiger partial charge >= 0.3 is 15.2 Å². The van der Waals surface area contributed by atoms with Gasteiger partial charge in [0, 0.05) is 6.54 Å². The number of nitrogens with zero attached hydrogens (tertiary/aromatic N) is 4. The minimum atomic E-state index is -4.89. The number of ether oxygens (including phenoxy) is 1. The second kappa shape index (κ2) is 10.4. The number of fused-ring (bicyclic) bond motifs is 1. The summed E-state index contributed by atoms with van der Waals surface area (Å²) in [4.78, 5) is 40.2. The highest BCUT2D eigenvalue weighted by atomic mass is 35.5. The molecule has 0 bridgehead atoms. The van der Waals surface area contributed by atoms with Crippen molar-refractivity contribution < 1.29 is 43.3 Å². The maximum Gasteiger partial charge on any atom is 0.340 e. The van der Waals surface area contributed by atoms with Crippen LogP contribution < -0.4 is 5.32 Å². The van der Waals surface area contributed by atoms with Crippen molar-refractivity contribution in [3.63, 3.8) is 0 Å². The molecule has 1 aromatic carbocycles. The van der Waals surface area contributed by atoms with Crippen molar-refractivity contribution in [1.29, 1.82) is 0 Å². The minimum Gasteiger partial charge on any atom is -0.384 e. The van der Waals surface area contributed by atoms with Gasteiger partial charge in [0.1, 0.15) is 12.2 Å². The smallest absolute Gasteiger partial charge is 0.340 e. The highest BCUT2D eigenvalue weighted by Crippen LogP contribution is 2.56. The van der Waals surface area contributed by atoms with E-state index >= 15 is 0 Å². The average molecular weight is 574 g/mol. The van der Waals surface area contributed by atoms with E-state index in [1.165, 1.54) is 10.9 Å². The van der Waals surface area contributed by atoms with Crippen molar-refractivity contribution in [1.82, 2.24) is 19.5 Å². The molecule has 4 rings (SSSR count). The number of halogens is 1. The van der Waals surface area contributed by atoms with Crippen LogP contribution in [-0.2, 0) is 24.9 Å². The Morgan fingerprint density at radius 2 is 1.95 bits per heavy atom. The fraction of sp³-hybridized carbons (Fsp3) is 0.350. The van der Waals surface area contributed by atoms with Crippen molar-refractivity contribution in [2.24, 2.45) is 0 Å². The summed E-state index contributed by atoms with van der Waals surface area (Å²) in [5.41, 5.74) is -1.06. The maximum atomic E-state index is 12.0. The van der Waals surface area contributed by atoms with Crippen molar-refractivity contribution in [3.8, 4) is 12.3 Å². The number of imidazole rings is 1. The Morgan fingerprint density at radius 3 is 2.59 bits per heavy atom. The Morgan fingerprint density at radius 1 is 1.24 bits per heavy atom. The Hall–Kier alpha value is -2.40. The summed E-state index contributed by atoms with van der Waals surface area (Å²) < 4.78 is 34.8. The lowest BCUT2D eigenvalue weighted by molar-refractivity contribution is -0.0568. The van der Waals surface area contributed by atoms with Crippen LogP contribution in [0.1, 0.15) is 11.8 Å². The summed E-state index contributed by atoms with van der Waals surface area (Å²) in [6, 6.07) is 9.44. The predicted molar refractivity (Wildman–Crippen MR) is 130 cm³/mol. The predicted octanol–water partition coefficient (Wildman–Crippen LogP) is 1.05. The molecule has 37 heavy (non-hydrogen) atoms. The van der Waals surface area contributed by atoms with E-state index in [9.17, 15) is 24.2 Å². The molecule has 1 aliphatic rings. The molecule has 0 saturated carbocycles. The van der Waals surface area contributed by atoms with Gasteiger partial charge in [-0.2, -0.15) is 9.97 Å². The number of aliphatic hydroxyl groups excluding tert-OH is 1. The van der Waals surface area contributed by atoms with Crippen LogP contribution >= 0.6 is 26.8 Å². The lowest BCUT2D eigenvalue weighted by Crippen LogP contribution is -2.48. The molecular weight excluding hydrogens is 552 g/mol. The molecule has 1 fully saturated rings. The summed E-state index contributed by atoms with van der Waals surface area (Å²) in [5.74, 6) is 0.834. The van der Waals surface area contributed by atoms with E-state index in [-0.39, 0.29) is 22.3 Å². The summed E-state index contributed by atoms with van der Waals surface area (Å²) in [6.45, 7) is -0.473. The molecule has 0 aliphatic carbocycles. The second-order valence-electron chi connectivity index (χ2n) is 8.17. The molecule has 0 radical (unpaired) electrons. The van der Waals surface area contributed by atoms with E-state index in [4.69, 9.17) is 37.1 Å². The standard InChI is InChI=1S/C20H22ClN5O9P2/c1-2-20(28)13(9-34-37(32,33)11-36(29,30)31)35-18(15(20)27)26-10-23-14-16(24-19(21)25-17(14)26)22-8-12-6-4-3-5-7-12/h1,3-7,10,13,15,18,27-28H,8-9,11H2,(H,32,33)(H,22,24,25)(H2,29,30,31)/t13-,15+,18-,20-/m1/s1. The highest BCUT2D eigenvalue weighted by molar-refractivity contribution is 7.70. The third kappa shape index (κ3) is 6.03. The van der Waals surface area contributed by atoms with Gasteiger partial charge in [-0.15, -0.1) is 6.42 Å². The topological polar surface area (TPSA) is 209 Å². The van der Waals surface area contributed by atoms with Crippen LogP contribution in [0.3, 0.4) is 0 Å². The molecule has 0 amide bonds. The molecule has 0 spiro atoms. The average Bonchev–Trinajstić information content (AvgIpc) is 3.34. The first kappa shape index (κ1) is 27.6. The molecule has 2 aromatic heterocycles. The number of hydrogen-bond donors (Lipinski definition) is 6. The van der Waals surface area contributed by atoms with Gasteiger partial charge < -0.3 is 39.5 Å². The molecule has 14 nitrogen and oxygen atoms in total. The summed E-state index contributed by atoms with van der Waals surface area (Å²) >= 11 is 6.11. The molecule has 6 N–H and O–H groups in total. The zero-order valence-electron chi connectivity index (χ0n) is 18.8. The first-order chi connectivity index (χ1) is 17.3. The third-order valence-electron chi connectivity index (χ3n) is 5.51. The van der Waals surface area contributed by atoms with Gasteiger partial charge in [-0.3, -0.25) is 13.7 Å². The number of nitrogens with one attached hydrogen (secondary N) is 1. The van der Waals surface area contributed by atoms with Crippen LogP contribution in [0.4, 0.5) is 5.82 Å². The summed E-state index contributed by atoms with van der Waals surface area (Å²) in [6.07, 6.45) is 1.92. The fourth-order valence-corrected chi connectivity index (χ4v) is 6.48. The van der Waals surface area contributed by atoms with Crippen LogP contribution in [0.5, 0.6) is 0 Å². The van der Waals surface area contributed by atoms with Crippen molar-refractivity contribution >= 4 is 43.8 Å². The highest BCUT2D eigenvalue weighted by Gasteiger charge is 2.56. The zero-order valence-corrected chi connectivity index (χ0v) is 21.4. The molecule has 1 aliphatic heterocycles. The molecule has 1 unspecified atom stereocenters. The number of benzene rings is 1. The minimum absolute atomic E-state index is 0.120. The Labute approximate surface area is 215 Å². The van der Waals surface area contributed by atoms with Gasteiger partial charge in [0.15, 0.2) is 34.7 Å². The summed E-state index contributed by atoms with van der Waals surface area (Å²) in [7, 11) is -9.68. The van der Waals surface area contributed by atoms with Crippen molar-refractivity contribution in [2.45, 2.75) is 30.6 Å². The van der Waals surface area contributed by atoms with Gasteiger partial charge in [-0.25, -0.2) is 4.98 Å². The SMILES string of the molecule is C#C[C@@]1(O)[C@@H](COP(=O)(O)CP(=O)(O)O)O[C@@H](n2cnc3c(NCc4ccccc4)nc(Cl)nc32)[C@@H]1O. The van der Waals surface area contributed by atoms with Gasteiger partial charge in [0.2, 0.25) is 5.28 Å². The zero-order chi connectivity index (χ0) is 27.0. The maximum absolute atomic E-state index is 12.0. The second-order valence-corrected chi connectivity index (χ2v) is 12.5. The van der Waals surface area contributed by atoms with E-state index in [0.29, 0.717) is 6.54 Å². The molecule has 198 valence electrons. The lowest BCUT2D eigenvalue weighted by atomic mass is 9.93. The first-order valence-corrected chi connectivity index (χ1v) is 14.5. The number of aliphatic hydroxyl groups is 2. The van der Waals surface area contributed by atoms with Gasteiger partial charge in [0.25, 0.3) is 0 Å². The van der Waals surface area contributed by atoms with E-state index in [1.54, 1.807) is 0 Å². The van der Waals surface area contributed by atoms with E-state index in [0.717, 1.165) is 5.56 Å². The van der Waals surface area contributed by atoms with E-state index < -0.39 is 51.7 Å². The number of aromatic nitrogens is 4. The van der Waals surface area contributed by atoms with Gasteiger partial charge in [0.05, 0.1) is 12.9 Å². The number of hydrogen-bond acceptors (Lipinski definition) is 10. The van der Waals surface area contributed by atoms with Crippen molar-refractivity contribution in [3.05, 3.63) is 47.5 Å². The Kier molecular flexibility index (Phi) is 7.77. The van der Waals surface area contributed by atoms with E-state index in [1.807, 2.05) is 36.3 Å². The number of anilines is 1. The molecule has 1 saturated heterocycles. The van der Waals surface area contributed by atoms with Crippen LogP contribution in [0, 0.1) is 12.3 Å². The molecule has 3 heterocycles. The molecular formula is C20H22ClN5O9P2. The van der Waals surface area contributed by atoms with Crippen molar-refractivity contribution in [2.75, 3.05) is 17.8 Å². The molecule has 3 aromatic rings. The monoisotopic (exact) mass is 573 g/mol. The Bertz CT molecular complexity index is 1430. The van der Waals surface area contributed by atoms with Crippen LogP contribution in [0.15, 0.2) is 36.7 Å². The summed E-state index contributed by atoms with van der Waals surface area (Å²) in [5, 5.41) is 24.7. The fourth-order valence-electron chi connectivity index (χ4n) is 3.76. The molecule has 17 heteroatoms. The van der Waals surface area contributed by atoms with Crippen LogP contribution in [0.2, 0.25) is 5.28 Å².